The Bertz CT molecular complexity index is 654. The zero-order valence-corrected chi connectivity index (χ0v) is 15.2. The van der Waals surface area contributed by atoms with Crippen molar-refractivity contribution in [2.24, 2.45) is 5.41 Å². The fourth-order valence-corrected chi connectivity index (χ4v) is 3.31. The van der Waals surface area contributed by atoms with Crippen LogP contribution in [-0.2, 0) is 9.59 Å². The van der Waals surface area contributed by atoms with Gasteiger partial charge in [0.2, 0.25) is 11.8 Å². The SMILES string of the molecule is CC(C)(C)CC(=O)N1CCN2CC(=O)Nc3ccccc3OC[C@H]2C1. The molecule has 6 nitrogen and oxygen atoms in total. The molecule has 1 aromatic rings. The van der Waals surface area contributed by atoms with Crippen LogP contribution < -0.4 is 10.1 Å². The van der Waals surface area contributed by atoms with Gasteiger partial charge in [-0.3, -0.25) is 14.5 Å². The third-order valence-corrected chi connectivity index (χ3v) is 4.58. The second-order valence-electron chi connectivity index (χ2n) is 8.06. The number of carbonyl (C=O) groups is 2. The molecular formula is C19H27N3O3. The molecule has 136 valence electrons. The predicted molar refractivity (Wildman–Crippen MR) is 96.6 cm³/mol. The van der Waals surface area contributed by atoms with Crippen molar-refractivity contribution in [2.45, 2.75) is 33.2 Å². The van der Waals surface area contributed by atoms with Crippen molar-refractivity contribution in [3.8, 4) is 5.75 Å². The summed E-state index contributed by atoms with van der Waals surface area (Å²) in [7, 11) is 0. The van der Waals surface area contributed by atoms with E-state index in [-0.39, 0.29) is 23.3 Å². The summed E-state index contributed by atoms with van der Waals surface area (Å²) in [5, 5.41) is 2.91. The number of rotatable bonds is 1. The molecular weight excluding hydrogens is 318 g/mol. The Morgan fingerprint density at radius 3 is 2.80 bits per heavy atom. The highest BCUT2D eigenvalue weighted by Gasteiger charge is 2.33. The highest BCUT2D eigenvalue weighted by Crippen LogP contribution is 2.26. The third-order valence-electron chi connectivity index (χ3n) is 4.58. The van der Waals surface area contributed by atoms with E-state index in [1.807, 2.05) is 29.2 Å². The maximum absolute atomic E-state index is 12.6. The fourth-order valence-electron chi connectivity index (χ4n) is 3.31. The summed E-state index contributed by atoms with van der Waals surface area (Å²) in [6, 6.07) is 7.49. The number of piperazine rings is 1. The van der Waals surface area contributed by atoms with E-state index in [0.717, 1.165) is 0 Å². The molecule has 1 atom stereocenters. The highest BCUT2D eigenvalue weighted by molar-refractivity contribution is 5.93. The largest absolute Gasteiger partial charge is 0.490 e. The molecule has 1 N–H and O–H groups in total. The van der Waals surface area contributed by atoms with Crippen LogP contribution in [0.3, 0.4) is 0 Å². The van der Waals surface area contributed by atoms with Gasteiger partial charge < -0.3 is 15.0 Å². The summed E-state index contributed by atoms with van der Waals surface area (Å²) < 4.78 is 5.96. The molecule has 1 fully saturated rings. The Hall–Kier alpha value is -2.08. The molecule has 0 radical (unpaired) electrons. The van der Waals surface area contributed by atoms with Gasteiger partial charge in [0.05, 0.1) is 18.3 Å². The molecule has 2 aliphatic rings. The fraction of sp³-hybridized carbons (Fsp3) is 0.579. The minimum absolute atomic E-state index is 0.0228. The first kappa shape index (κ1) is 17.7. The van der Waals surface area contributed by atoms with Crippen molar-refractivity contribution >= 4 is 17.5 Å². The first-order valence-electron chi connectivity index (χ1n) is 8.85. The Kier molecular flexibility index (Phi) is 4.99. The maximum atomic E-state index is 12.6. The first-order valence-corrected chi connectivity index (χ1v) is 8.85. The van der Waals surface area contributed by atoms with Crippen molar-refractivity contribution in [1.82, 2.24) is 9.80 Å². The monoisotopic (exact) mass is 345 g/mol. The number of para-hydroxylation sites is 2. The summed E-state index contributed by atoms with van der Waals surface area (Å²) in [4.78, 5) is 28.9. The number of carbonyl (C=O) groups excluding carboxylic acids is 2. The first-order chi connectivity index (χ1) is 11.8. The summed E-state index contributed by atoms with van der Waals surface area (Å²) >= 11 is 0. The van der Waals surface area contributed by atoms with Crippen molar-refractivity contribution < 1.29 is 14.3 Å². The molecule has 0 saturated carbocycles. The molecule has 0 bridgehead atoms. The molecule has 1 saturated heterocycles. The van der Waals surface area contributed by atoms with E-state index in [0.29, 0.717) is 50.6 Å². The lowest BCUT2D eigenvalue weighted by atomic mass is 9.91. The number of amides is 2. The van der Waals surface area contributed by atoms with Crippen LogP contribution in [-0.4, -0.2) is 60.4 Å². The van der Waals surface area contributed by atoms with Gasteiger partial charge in [-0.25, -0.2) is 0 Å². The molecule has 2 aliphatic heterocycles. The summed E-state index contributed by atoms with van der Waals surface area (Å²) in [5.74, 6) is 0.810. The number of benzene rings is 1. The summed E-state index contributed by atoms with van der Waals surface area (Å²) in [6.07, 6.45) is 0.532. The zero-order valence-electron chi connectivity index (χ0n) is 15.2. The smallest absolute Gasteiger partial charge is 0.238 e. The van der Waals surface area contributed by atoms with Gasteiger partial charge in [0, 0.05) is 26.1 Å². The zero-order chi connectivity index (χ0) is 18.0. The van der Waals surface area contributed by atoms with Gasteiger partial charge >= 0.3 is 0 Å². The second kappa shape index (κ2) is 7.04. The van der Waals surface area contributed by atoms with Gasteiger partial charge in [-0.05, 0) is 17.5 Å². The van der Waals surface area contributed by atoms with Crippen LogP contribution in [0.5, 0.6) is 5.75 Å². The molecule has 1 aromatic carbocycles. The molecule has 0 spiro atoms. The van der Waals surface area contributed by atoms with E-state index >= 15 is 0 Å². The minimum Gasteiger partial charge on any atom is -0.490 e. The van der Waals surface area contributed by atoms with E-state index in [4.69, 9.17) is 4.74 Å². The van der Waals surface area contributed by atoms with Crippen LogP contribution in [0.2, 0.25) is 0 Å². The summed E-state index contributed by atoms with van der Waals surface area (Å²) in [5.41, 5.74) is 0.676. The molecule has 0 unspecified atom stereocenters. The average molecular weight is 345 g/mol. The quantitative estimate of drug-likeness (QED) is 0.845. The normalized spacial score (nSPS) is 21.8. The Labute approximate surface area is 149 Å². The van der Waals surface area contributed by atoms with Crippen molar-refractivity contribution in [3.05, 3.63) is 24.3 Å². The molecule has 25 heavy (non-hydrogen) atoms. The van der Waals surface area contributed by atoms with E-state index in [1.54, 1.807) is 0 Å². The number of nitrogens with one attached hydrogen (secondary N) is 1. The van der Waals surface area contributed by atoms with Crippen LogP contribution in [0.25, 0.3) is 0 Å². The van der Waals surface area contributed by atoms with E-state index in [2.05, 4.69) is 31.0 Å². The van der Waals surface area contributed by atoms with Gasteiger partial charge in [0.1, 0.15) is 12.4 Å². The number of fused-ring (bicyclic) bond motifs is 2. The van der Waals surface area contributed by atoms with Gasteiger partial charge in [-0.1, -0.05) is 32.9 Å². The lowest BCUT2D eigenvalue weighted by Gasteiger charge is -2.41. The van der Waals surface area contributed by atoms with Gasteiger partial charge in [0.15, 0.2) is 0 Å². The van der Waals surface area contributed by atoms with Crippen LogP contribution in [0.15, 0.2) is 24.3 Å². The van der Waals surface area contributed by atoms with Crippen LogP contribution in [0.4, 0.5) is 5.69 Å². The average Bonchev–Trinajstić information content (AvgIpc) is 2.59. The number of hydrogen-bond donors (Lipinski definition) is 1. The topological polar surface area (TPSA) is 61.9 Å². The number of ether oxygens (including phenoxy) is 1. The van der Waals surface area contributed by atoms with Gasteiger partial charge in [-0.15, -0.1) is 0 Å². The Balaban J connectivity index is 1.72. The standard InChI is InChI=1S/C19H27N3O3/c1-19(2,3)10-18(24)22-9-8-21-12-17(23)20-15-6-4-5-7-16(15)25-13-14(21)11-22/h4-7,14H,8-13H2,1-3H3,(H,20,23)/t14-/m1/s1. The Morgan fingerprint density at radius 1 is 1.28 bits per heavy atom. The molecule has 6 heteroatoms. The molecule has 0 aromatic heterocycles. The van der Waals surface area contributed by atoms with Crippen molar-refractivity contribution in [1.29, 1.82) is 0 Å². The van der Waals surface area contributed by atoms with E-state index in [1.165, 1.54) is 0 Å². The van der Waals surface area contributed by atoms with Crippen LogP contribution >= 0.6 is 0 Å². The van der Waals surface area contributed by atoms with Gasteiger partial charge in [-0.2, -0.15) is 0 Å². The Morgan fingerprint density at radius 2 is 2.04 bits per heavy atom. The van der Waals surface area contributed by atoms with Crippen LogP contribution in [0.1, 0.15) is 27.2 Å². The molecule has 3 rings (SSSR count). The lowest BCUT2D eigenvalue weighted by Crippen LogP contribution is -2.58. The number of nitrogens with zero attached hydrogens (tertiary/aromatic N) is 2. The lowest BCUT2D eigenvalue weighted by molar-refractivity contribution is -0.136. The third kappa shape index (κ3) is 4.51. The van der Waals surface area contributed by atoms with E-state index < -0.39 is 0 Å². The number of anilines is 1. The van der Waals surface area contributed by atoms with Gasteiger partial charge in [0.25, 0.3) is 0 Å². The van der Waals surface area contributed by atoms with E-state index in [9.17, 15) is 9.59 Å². The number of hydrogen-bond acceptors (Lipinski definition) is 4. The predicted octanol–water partition coefficient (Wildman–Crippen LogP) is 1.97. The maximum Gasteiger partial charge on any atom is 0.238 e. The minimum atomic E-state index is -0.0441. The summed E-state index contributed by atoms with van der Waals surface area (Å²) in [6.45, 7) is 8.96. The molecule has 0 aliphatic carbocycles. The van der Waals surface area contributed by atoms with Crippen molar-refractivity contribution in [3.63, 3.8) is 0 Å². The highest BCUT2D eigenvalue weighted by atomic mass is 16.5. The molecule has 2 heterocycles. The van der Waals surface area contributed by atoms with Crippen molar-refractivity contribution in [2.75, 3.05) is 38.1 Å². The van der Waals surface area contributed by atoms with Crippen LogP contribution in [0, 0.1) is 5.41 Å². The molecule has 2 amide bonds. The second-order valence-corrected chi connectivity index (χ2v) is 8.06.